The first-order chi connectivity index (χ1) is 11.2. The van der Waals surface area contributed by atoms with E-state index in [1.54, 1.807) is 6.26 Å². The quantitative estimate of drug-likeness (QED) is 0.921. The molecule has 0 atom stereocenters. The first-order valence-corrected chi connectivity index (χ1v) is 8.65. The highest BCUT2D eigenvalue weighted by Gasteiger charge is 2.38. The molecule has 0 saturated heterocycles. The number of aliphatic hydroxyl groups excluding tert-OH is 1. The van der Waals surface area contributed by atoms with Crippen molar-refractivity contribution < 1.29 is 14.3 Å². The Morgan fingerprint density at radius 1 is 1.35 bits per heavy atom. The van der Waals surface area contributed by atoms with Crippen molar-refractivity contribution >= 4 is 16.9 Å². The average molecular weight is 313 g/mol. The minimum absolute atomic E-state index is 0.0842. The zero-order valence-electron chi connectivity index (χ0n) is 13.5. The van der Waals surface area contributed by atoms with E-state index >= 15 is 0 Å². The van der Waals surface area contributed by atoms with Crippen molar-refractivity contribution in [2.24, 2.45) is 5.92 Å². The van der Waals surface area contributed by atoms with Crippen LogP contribution in [0.2, 0.25) is 0 Å². The van der Waals surface area contributed by atoms with Gasteiger partial charge < -0.3 is 14.4 Å². The maximum Gasteiger partial charge on any atom is 0.258 e. The van der Waals surface area contributed by atoms with Crippen molar-refractivity contribution in [1.82, 2.24) is 4.90 Å². The molecule has 0 radical (unpaired) electrons. The molecule has 2 saturated carbocycles. The molecule has 2 aliphatic rings. The molecule has 1 amide bonds. The Morgan fingerprint density at radius 3 is 2.78 bits per heavy atom. The first-order valence-electron chi connectivity index (χ1n) is 8.65. The van der Waals surface area contributed by atoms with Crippen LogP contribution < -0.4 is 0 Å². The van der Waals surface area contributed by atoms with Crippen molar-refractivity contribution in [2.45, 2.75) is 51.2 Å². The molecular weight excluding hydrogens is 290 g/mol. The Balaban J connectivity index is 1.61. The summed E-state index contributed by atoms with van der Waals surface area (Å²) >= 11 is 0. The van der Waals surface area contributed by atoms with Crippen molar-refractivity contribution in [1.29, 1.82) is 0 Å². The van der Waals surface area contributed by atoms with Crippen LogP contribution in [0.5, 0.6) is 0 Å². The van der Waals surface area contributed by atoms with E-state index in [0.717, 1.165) is 49.6 Å². The number of benzene rings is 1. The van der Waals surface area contributed by atoms with Crippen molar-refractivity contribution in [3.05, 3.63) is 35.6 Å². The summed E-state index contributed by atoms with van der Waals surface area (Å²) in [4.78, 5) is 15.1. The molecule has 2 aliphatic carbocycles. The molecule has 4 heteroatoms. The van der Waals surface area contributed by atoms with Gasteiger partial charge in [-0.1, -0.05) is 13.0 Å². The van der Waals surface area contributed by atoms with E-state index in [1.165, 1.54) is 5.56 Å². The number of rotatable bonds is 5. The molecular formula is C19H23NO3. The molecule has 4 rings (SSSR count). The summed E-state index contributed by atoms with van der Waals surface area (Å²) in [6.07, 6.45) is 6.22. The number of aryl methyl sites for hydroxylation is 1. The lowest BCUT2D eigenvalue weighted by atomic mass is 9.82. The molecule has 0 aliphatic heterocycles. The second kappa shape index (κ2) is 5.68. The van der Waals surface area contributed by atoms with Gasteiger partial charge in [0.25, 0.3) is 5.91 Å². The fraction of sp³-hybridized carbons (Fsp3) is 0.526. The lowest BCUT2D eigenvalue weighted by Gasteiger charge is -2.36. The van der Waals surface area contributed by atoms with Gasteiger partial charge in [-0.2, -0.15) is 0 Å². The molecule has 23 heavy (non-hydrogen) atoms. The monoisotopic (exact) mass is 313 g/mol. The Kier molecular flexibility index (Phi) is 3.64. The molecule has 2 aromatic rings. The fourth-order valence-electron chi connectivity index (χ4n) is 3.53. The predicted molar refractivity (Wildman–Crippen MR) is 88.4 cm³/mol. The van der Waals surface area contributed by atoms with Gasteiger partial charge in [0.15, 0.2) is 0 Å². The minimum atomic E-state index is -0.168. The van der Waals surface area contributed by atoms with Crippen LogP contribution in [0, 0.1) is 5.92 Å². The maximum atomic E-state index is 13.1. The zero-order chi connectivity index (χ0) is 16.0. The Morgan fingerprint density at radius 2 is 2.13 bits per heavy atom. The number of hydrogen-bond acceptors (Lipinski definition) is 3. The molecule has 1 aromatic carbocycles. The van der Waals surface area contributed by atoms with Crippen LogP contribution in [0.15, 0.2) is 28.9 Å². The molecule has 1 N–H and O–H groups in total. The summed E-state index contributed by atoms with van der Waals surface area (Å²) in [5.41, 5.74) is 2.68. The van der Waals surface area contributed by atoms with Crippen molar-refractivity contribution in [3.8, 4) is 0 Å². The molecule has 1 aromatic heterocycles. The molecule has 122 valence electrons. The van der Waals surface area contributed by atoms with Gasteiger partial charge in [-0.25, -0.2) is 0 Å². The molecule has 4 nitrogen and oxygen atoms in total. The standard InChI is InChI=1S/C19H23NO3/c1-2-12-3-6-18-16(9-12)17(11-23-18)19(22)20(14-4-5-14)10-13-7-15(21)8-13/h3,6,9,11,13-15,21H,2,4-5,7-8,10H2,1H3. The minimum Gasteiger partial charge on any atom is -0.463 e. The van der Waals surface area contributed by atoms with Crippen LogP contribution in [0.1, 0.15) is 48.5 Å². The average Bonchev–Trinajstić information content (AvgIpc) is 3.28. The van der Waals surface area contributed by atoms with E-state index < -0.39 is 0 Å². The summed E-state index contributed by atoms with van der Waals surface area (Å²) in [5.74, 6) is 0.528. The molecule has 0 spiro atoms. The fourth-order valence-corrected chi connectivity index (χ4v) is 3.53. The summed E-state index contributed by atoms with van der Waals surface area (Å²) in [5, 5.41) is 10.4. The number of carbonyl (C=O) groups excluding carboxylic acids is 1. The number of amides is 1. The number of furan rings is 1. The molecule has 0 unspecified atom stereocenters. The normalized spacial score (nSPS) is 23.7. The van der Waals surface area contributed by atoms with E-state index in [9.17, 15) is 9.90 Å². The second-order valence-corrected chi connectivity index (χ2v) is 7.01. The largest absolute Gasteiger partial charge is 0.463 e. The Hall–Kier alpha value is -1.81. The van der Waals surface area contributed by atoms with E-state index in [4.69, 9.17) is 4.42 Å². The molecule has 2 fully saturated rings. The third-order valence-corrected chi connectivity index (χ3v) is 5.19. The van der Waals surface area contributed by atoms with E-state index in [1.807, 2.05) is 11.0 Å². The van der Waals surface area contributed by atoms with Gasteiger partial charge in [0.05, 0.1) is 11.7 Å². The highest BCUT2D eigenvalue weighted by molar-refractivity contribution is 6.06. The van der Waals surface area contributed by atoms with Gasteiger partial charge in [-0.3, -0.25) is 4.79 Å². The van der Waals surface area contributed by atoms with E-state index in [-0.39, 0.29) is 12.0 Å². The second-order valence-electron chi connectivity index (χ2n) is 7.01. The lowest BCUT2D eigenvalue weighted by Crippen LogP contribution is -2.42. The van der Waals surface area contributed by atoms with Crippen LogP contribution in [-0.2, 0) is 6.42 Å². The Labute approximate surface area is 136 Å². The highest BCUT2D eigenvalue weighted by atomic mass is 16.3. The van der Waals surface area contributed by atoms with Crippen LogP contribution in [0.4, 0.5) is 0 Å². The van der Waals surface area contributed by atoms with Gasteiger partial charge in [-0.15, -0.1) is 0 Å². The van der Waals surface area contributed by atoms with Crippen molar-refractivity contribution in [2.75, 3.05) is 6.54 Å². The topological polar surface area (TPSA) is 53.7 Å². The SMILES string of the molecule is CCc1ccc2occ(C(=O)N(CC3CC(O)C3)C3CC3)c2c1. The highest BCUT2D eigenvalue weighted by Crippen LogP contribution is 2.35. The third-order valence-electron chi connectivity index (χ3n) is 5.19. The van der Waals surface area contributed by atoms with Crippen LogP contribution in [0.3, 0.4) is 0 Å². The van der Waals surface area contributed by atoms with E-state index in [2.05, 4.69) is 19.1 Å². The van der Waals surface area contributed by atoms with Crippen LogP contribution in [-0.4, -0.2) is 34.6 Å². The van der Waals surface area contributed by atoms with Gasteiger partial charge >= 0.3 is 0 Å². The lowest BCUT2D eigenvalue weighted by molar-refractivity contribution is 0.0215. The zero-order valence-corrected chi connectivity index (χ0v) is 13.5. The predicted octanol–water partition coefficient (Wildman–Crippen LogP) is 3.37. The summed E-state index contributed by atoms with van der Waals surface area (Å²) in [6, 6.07) is 6.45. The van der Waals surface area contributed by atoms with Gasteiger partial charge in [0.1, 0.15) is 11.8 Å². The number of nitrogens with zero attached hydrogens (tertiary/aromatic N) is 1. The van der Waals surface area contributed by atoms with Gasteiger partial charge in [-0.05, 0) is 55.7 Å². The van der Waals surface area contributed by atoms with E-state index in [0.29, 0.717) is 17.5 Å². The smallest absolute Gasteiger partial charge is 0.258 e. The first kappa shape index (κ1) is 14.8. The summed E-state index contributed by atoms with van der Waals surface area (Å²) in [7, 11) is 0. The van der Waals surface area contributed by atoms with Gasteiger partial charge in [0.2, 0.25) is 0 Å². The van der Waals surface area contributed by atoms with Gasteiger partial charge in [0, 0.05) is 18.0 Å². The number of fused-ring (bicyclic) bond motifs is 1. The molecule has 0 bridgehead atoms. The third kappa shape index (κ3) is 2.76. The number of hydrogen-bond donors (Lipinski definition) is 1. The van der Waals surface area contributed by atoms with Crippen LogP contribution in [0.25, 0.3) is 11.0 Å². The number of carbonyl (C=O) groups is 1. The van der Waals surface area contributed by atoms with Crippen molar-refractivity contribution in [3.63, 3.8) is 0 Å². The number of aliphatic hydroxyl groups is 1. The summed E-state index contributed by atoms with van der Waals surface area (Å²) in [6.45, 7) is 2.88. The summed E-state index contributed by atoms with van der Waals surface area (Å²) < 4.78 is 5.59. The Bertz CT molecular complexity index is 725. The van der Waals surface area contributed by atoms with Crippen LogP contribution >= 0.6 is 0 Å². The maximum absolute atomic E-state index is 13.1. The molecule has 1 heterocycles.